The Labute approximate surface area is 501 Å². The number of carboxylic acid groups (broad SMARTS) is 2. The predicted molar refractivity (Wildman–Crippen MR) is 346 cm³/mol. The second-order valence-electron chi connectivity index (χ2n) is 25.8. The maximum Gasteiger partial charge on any atom is 0.276 e. The van der Waals surface area contributed by atoms with Gasteiger partial charge in [-0.1, -0.05) is 287 Å². The van der Waals surface area contributed by atoms with Crippen molar-refractivity contribution in [1.82, 2.24) is 0 Å². The summed E-state index contributed by atoms with van der Waals surface area (Å²) in [6.07, 6.45) is 60.5. The van der Waals surface area contributed by atoms with Crippen LogP contribution in [0.5, 0.6) is 0 Å². The van der Waals surface area contributed by atoms with Crippen LogP contribution in [-0.2, 0) is 19.7 Å². The Morgan fingerprint density at radius 3 is 0.713 bits per heavy atom. The first-order valence-electron chi connectivity index (χ1n) is 35.6. The van der Waals surface area contributed by atoms with Crippen molar-refractivity contribution in [2.45, 2.75) is 381 Å². The molecule has 0 aliphatic heterocycles. The molecule has 482 valence electrons. The number of unbranched alkanes of at least 4 members (excludes halogenated alkanes) is 40. The lowest BCUT2D eigenvalue weighted by Crippen LogP contribution is -2.62. The summed E-state index contributed by atoms with van der Waals surface area (Å²) in [4.78, 5) is 23.5. The number of carbonyl (C=O) groups is 2. The van der Waals surface area contributed by atoms with Crippen LogP contribution >= 0.6 is 0 Å². The molecule has 0 fully saturated rings. The van der Waals surface area contributed by atoms with Gasteiger partial charge in [0.25, 0.3) is 10.1 Å². The normalized spacial score (nSPS) is 13.1. The number of carboxylic acids is 2. The summed E-state index contributed by atoms with van der Waals surface area (Å²) in [6.45, 7) is 26.6. The summed E-state index contributed by atoms with van der Waals surface area (Å²) in [5.41, 5.74) is 0. The van der Waals surface area contributed by atoms with E-state index >= 15 is 0 Å². The van der Waals surface area contributed by atoms with Crippen molar-refractivity contribution in [2.75, 3.05) is 53.4 Å². The van der Waals surface area contributed by atoms with E-state index in [-0.39, 0.29) is 12.8 Å². The van der Waals surface area contributed by atoms with Gasteiger partial charge in [-0.15, -0.1) is 0 Å². The van der Waals surface area contributed by atoms with Gasteiger partial charge in [0, 0.05) is 11.9 Å². The summed E-state index contributed by atoms with van der Waals surface area (Å²) in [5, 5.41) is 23.5. The molecule has 0 aliphatic rings. The van der Waals surface area contributed by atoms with Gasteiger partial charge in [-0.3, -0.25) is 4.55 Å². The molecule has 1 N–H and O–H groups in total. The second kappa shape index (κ2) is 59.5. The van der Waals surface area contributed by atoms with Gasteiger partial charge in [0.2, 0.25) is 0 Å². The Kier molecular flexibility index (Phi) is 61.7. The smallest absolute Gasteiger partial charge is 0.276 e. The highest BCUT2D eigenvalue weighted by molar-refractivity contribution is 7.88. The lowest BCUT2D eigenvalue weighted by Gasteiger charge is -2.39. The van der Waals surface area contributed by atoms with Crippen LogP contribution in [0.15, 0.2) is 0 Å². The van der Waals surface area contributed by atoms with Gasteiger partial charge in [0.15, 0.2) is 0 Å². The minimum Gasteiger partial charge on any atom is -0.550 e. The molecule has 0 saturated heterocycles. The van der Waals surface area contributed by atoms with E-state index in [0.717, 1.165) is 51.4 Å². The molecule has 0 rings (SSSR count). The van der Waals surface area contributed by atoms with Crippen LogP contribution in [0.25, 0.3) is 0 Å². The molecule has 0 radical (unpaired) electrons. The number of nitrogens with zero attached hydrogens (tertiary/aromatic N) is 2. The molecular weight excluding hydrogens is 1010 g/mol. The molecule has 2 atom stereocenters. The van der Waals surface area contributed by atoms with E-state index in [9.17, 15) is 32.8 Å². The molecule has 0 spiro atoms. The van der Waals surface area contributed by atoms with Gasteiger partial charge in [0.1, 0.15) is 4.75 Å². The second-order valence-corrected chi connectivity index (χ2v) is 27.5. The van der Waals surface area contributed by atoms with Crippen molar-refractivity contribution in [2.24, 2.45) is 5.92 Å². The SMILES string of the molecule is CCCCCCCCC(C(=O)[O-])C(CCCCCCCC)(C(=O)[O-])S(=O)(=O)O.CCCCCCCC[N+](C)(CCCCCCCC)CCCCCCCC.CCCCCCCC[N+](C)(CCCCCCCC)CCCCCCCC. The van der Waals surface area contributed by atoms with E-state index < -0.39 is 39.1 Å². The lowest BCUT2D eigenvalue weighted by atomic mass is 9.82. The van der Waals surface area contributed by atoms with E-state index in [1.54, 1.807) is 0 Å². The molecule has 0 amide bonds. The minimum atomic E-state index is -5.20. The van der Waals surface area contributed by atoms with Crippen LogP contribution in [0.3, 0.4) is 0 Å². The van der Waals surface area contributed by atoms with Crippen molar-refractivity contribution in [3.63, 3.8) is 0 Å². The zero-order chi connectivity index (χ0) is 60.3. The molecule has 0 aromatic heterocycles. The molecule has 10 heteroatoms. The molecule has 0 aromatic rings. The third kappa shape index (κ3) is 49.1. The predicted octanol–water partition coefficient (Wildman–Crippen LogP) is 19.3. The summed E-state index contributed by atoms with van der Waals surface area (Å²) in [5.74, 6) is -5.68. The fourth-order valence-electron chi connectivity index (χ4n) is 12.0. The van der Waals surface area contributed by atoms with Crippen molar-refractivity contribution in [3.8, 4) is 0 Å². The fourth-order valence-corrected chi connectivity index (χ4v) is 13.2. The quantitative estimate of drug-likeness (QED) is 0.0364. The van der Waals surface area contributed by atoms with Crippen molar-refractivity contribution >= 4 is 22.1 Å². The Bertz CT molecular complexity index is 1280. The molecule has 80 heavy (non-hydrogen) atoms. The van der Waals surface area contributed by atoms with Gasteiger partial charge in [-0.05, 0) is 89.9 Å². The third-order valence-corrected chi connectivity index (χ3v) is 19.3. The highest BCUT2D eigenvalue weighted by Gasteiger charge is 2.51. The number of hydrogen-bond acceptors (Lipinski definition) is 6. The van der Waals surface area contributed by atoms with Crippen LogP contribution in [-0.4, -0.2) is 92.0 Å². The highest BCUT2D eigenvalue weighted by Crippen LogP contribution is 2.36. The van der Waals surface area contributed by atoms with E-state index in [1.165, 1.54) is 279 Å². The van der Waals surface area contributed by atoms with Crippen LogP contribution < -0.4 is 10.2 Å². The van der Waals surface area contributed by atoms with Crippen molar-refractivity contribution < 1.29 is 41.7 Å². The van der Waals surface area contributed by atoms with Gasteiger partial charge < -0.3 is 28.8 Å². The van der Waals surface area contributed by atoms with Gasteiger partial charge in [-0.25, -0.2) is 0 Å². The summed E-state index contributed by atoms with van der Waals surface area (Å²) in [6, 6.07) is 0. The Morgan fingerprint density at radius 2 is 0.525 bits per heavy atom. The number of carbonyl (C=O) groups excluding carboxylic acids is 2. The number of hydrogen-bond donors (Lipinski definition) is 1. The first-order chi connectivity index (χ1) is 38.5. The van der Waals surface area contributed by atoms with Crippen LogP contribution in [0, 0.1) is 5.92 Å². The zero-order valence-corrected chi connectivity index (χ0v) is 56.7. The molecule has 0 aromatic carbocycles. The van der Waals surface area contributed by atoms with E-state index in [0.29, 0.717) is 19.3 Å². The van der Waals surface area contributed by atoms with Gasteiger partial charge in [0.05, 0.1) is 59.3 Å². The number of quaternary nitrogens is 2. The van der Waals surface area contributed by atoms with E-state index in [1.807, 2.05) is 6.92 Å². The molecule has 2 unspecified atom stereocenters. The summed E-state index contributed by atoms with van der Waals surface area (Å²) in [7, 11) is -0.0823. The third-order valence-electron chi connectivity index (χ3n) is 17.7. The first-order valence-corrected chi connectivity index (χ1v) is 37.0. The Balaban J connectivity index is -0.00000111. The molecule has 0 heterocycles. The monoisotopic (exact) mass is 1160 g/mol. The van der Waals surface area contributed by atoms with Gasteiger partial charge >= 0.3 is 0 Å². The fraction of sp³-hybridized carbons (Fsp3) is 0.971. The standard InChI is InChI=1S/2C25H54N.C20H38O7S/c2*1-5-8-11-14-17-20-23-26(4,24-21-18-15-12-9-6-2)25-22-19-16-13-10-7-3;1-3-5-7-9-11-13-15-17(18(21)22)20(19(23)24,28(25,26)27)16-14-12-10-8-6-4-2/h2*5-25H2,1-4H3;17H,3-16H2,1-2H3,(H,21,22)(H,23,24)(H,25,26,27)/q2*+1;/p-2. The van der Waals surface area contributed by atoms with Crippen LogP contribution in [0.4, 0.5) is 0 Å². The van der Waals surface area contributed by atoms with Gasteiger partial charge in [-0.2, -0.15) is 8.42 Å². The summed E-state index contributed by atoms with van der Waals surface area (Å²) >= 11 is 0. The Morgan fingerprint density at radius 1 is 0.338 bits per heavy atom. The lowest BCUT2D eigenvalue weighted by molar-refractivity contribution is -0.910. The average molecular weight is 1160 g/mol. The zero-order valence-electron chi connectivity index (χ0n) is 55.9. The highest BCUT2D eigenvalue weighted by atomic mass is 32.2. The van der Waals surface area contributed by atoms with Crippen molar-refractivity contribution in [1.29, 1.82) is 0 Å². The number of rotatable bonds is 60. The largest absolute Gasteiger partial charge is 0.550 e. The maximum absolute atomic E-state index is 12.0. The minimum absolute atomic E-state index is 0.178. The molecule has 9 nitrogen and oxygen atoms in total. The first kappa shape index (κ1) is 83.0. The maximum atomic E-state index is 12.0. The number of aliphatic carboxylic acids is 2. The van der Waals surface area contributed by atoms with Crippen molar-refractivity contribution in [3.05, 3.63) is 0 Å². The molecular formula is C70H144N2O7S. The van der Waals surface area contributed by atoms with E-state index in [2.05, 4.69) is 62.6 Å². The average Bonchev–Trinajstić information content (AvgIpc) is 3.42. The molecule has 0 bridgehead atoms. The van der Waals surface area contributed by atoms with Crippen LogP contribution in [0.1, 0.15) is 376 Å². The summed E-state index contributed by atoms with van der Waals surface area (Å²) < 4.78 is 33.6. The topological polar surface area (TPSA) is 135 Å². The molecule has 0 aliphatic carbocycles. The molecule has 0 saturated carbocycles. The Hall–Kier alpha value is -1.23. The van der Waals surface area contributed by atoms with E-state index in [4.69, 9.17) is 0 Å². The van der Waals surface area contributed by atoms with Crippen LogP contribution in [0.2, 0.25) is 0 Å².